The predicted octanol–water partition coefficient (Wildman–Crippen LogP) is 2.41. The number of carbonyl (C=O) groups is 1. The molecule has 1 amide bonds. The Labute approximate surface area is 216 Å². The van der Waals surface area contributed by atoms with Crippen LogP contribution in [0.2, 0.25) is 0 Å². The minimum atomic E-state index is -3.01. The number of rotatable bonds is 9. The summed E-state index contributed by atoms with van der Waals surface area (Å²) in [7, 11) is -3.01. The first-order chi connectivity index (χ1) is 17.8. The average molecular weight is 528 g/mol. The highest BCUT2D eigenvalue weighted by Crippen LogP contribution is 2.30. The minimum Gasteiger partial charge on any atom is -0.493 e. The fourth-order valence-electron chi connectivity index (χ4n) is 5.08. The number of aliphatic hydroxyl groups excluding tert-OH is 1. The maximum Gasteiger partial charge on any atom is 0.225 e. The highest BCUT2D eigenvalue weighted by Gasteiger charge is 2.35. The van der Waals surface area contributed by atoms with E-state index >= 15 is 0 Å². The summed E-state index contributed by atoms with van der Waals surface area (Å²) in [5.74, 6) is 2.28. The number of nitrogens with zero attached hydrogens (tertiary/aromatic N) is 4. The summed E-state index contributed by atoms with van der Waals surface area (Å²) in [6.07, 6.45) is 8.33. The van der Waals surface area contributed by atoms with Crippen LogP contribution in [0.1, 0.15) is 32.1 Å². The summed E-state index contributed by atoms with van der Waals surface area (Å²) in [5, 5.41) is 13.8. The predicted molar refractivity (Wildman–Crippen MR) is 141 cm³/mol. The number of anilines is 1. The van der Waals surface area contributed by atoms with Crippen LogP contribution >= 0.6 is 0 Å². The maximum atomic E-state index is 12.5. The molecule has 0 unspecified atom stereocenters. The highest BCUT2D eigenvalue weighted by molar-refractivity contribution is 7.90. The largest absolute Gasteiger partial charge is 0.493 e. The monoisotopic (exact) mass is 527 g/mol. The van der Waals surface area contributed by atoms with E-state index in [1.54, 1.807) is 11.1 Å². The van der Waals surface area contributed by atoms with Crippen LogP contribution in [-0.4, -0.2) is 82.7 Å². The van der Waals surface area contributed by atoms with Crippen molar-refractivity contribution in [2.75, 3.05) is 37.0 Å². The number of carbonyl (C=O) groups excluding carboxylic acids is 1. The Hall–Kier alpha value is -3.18. The Kier molecular flexibility index (Phi) is 7.34. The third-order valence-electron chi connectivity index (χ3n) is 7.08. The van der Waals surface area contributed by atoms with Crippen molar-refractivity contribution in [3.05, 3.63) is 42.7 Å². The number of nitrogens with one attached hydrogen (secondary N) is 1. The first-order valence-corrected chi connectivity index (χ1v) is 14.8. The van der Waals surface area contributed by atoms with Gasteiger partial charge in [0.2, 0.25) is 11.9 Å². The lowest BCUT2D eigenvalue weighted by Crippen LogP contribution is -2.55. The molecule has 11 heteroatoms. The molecule has 1 saturated carbocycles. The Bertz CT molecular complexity index is 1360. The van der Waals surface area contributed by atoms with Crippen LogP contribution in [0.15, 0.2) is 42.7 Å². The smallest absolute Gasteiger partial charge is 0.225 e. The molecule has 1 aromatic carbocycles. The van der Waals surface area contributed by atoms with Gasteiger partial charge in [0.25, 0.3) is 0 Å². The van der Waals surface area contributed by atoms with Crippen molar-refractivity contribution in [1.29, 1.82) is 0 Å². The molecule has 2 N–H and O–H groups in total. The summed E-state index contributed by atoms with van der Waals surface area (Å²) in [5.41, 5.74) is 0.931. The Balaban J connectivity index is 1.21. The van der Waals surface area contributed by atoms with Crippen LogP contribution in [0.4, 0.5) is 5.95 Å². The molecular weight excluding hydrogens is 494 g/mol. The Morgan fingerprint density at radius 3 is 2.68 bits per heavy atom. The van der Waals surface area contributed by atoms with Crippen molar-refractivity contribution in [3.8, 4) is 11.6 Å². The lowest BCUT2D eigenvalue weighted by Gasteiger charge is -2.39. The van der Waals surface area contributed by atoms with Crippen molar-refractivity contribution in [2.45, 2.75) is 44.2 Å². The summed E-state index contributed by atoms with van der Waals surface area (Å²) >= 11 is 0. The van der Waals surface area contributed by atoms with Crippen LogP contribution in [0.25, 0.3) is 16.7 Å². The van der Waals surface area contributed by atoms with Gasteiger partial charge in [0, 0.05) is 49.1 Å². The molecule has 1 aliphatic carbocycles. The Morgan fingerprint density at radius 2 is 1.95 bits per heavy atom. The van der Waals surface area contributed by atoms with Crippen LogP contribution in [0.3, 0.4) is 0 Å². The number of aromatic nitrogens is 3. The minimum absolute atomic E-state index is 0.0341. The second kappa shape index (κ2) is 10.7. The van der Waals surface area contributed by atoms with E-state index in [1.165, 1.54) is 6.26 Å². The summed E-state index contributed by atoms with van der Waals surface area (Å²) in [4.78, 5) is 23.4. The molecule has 37 heavy (non-hydrogen) atoms. The number of hydrogen-bond donors (Lipinski definition) is 2. The normalized spacial score (nSPS) is 20.5. The molecule has 3 aromatic rings. The molecule has 1 saturated heterocycles. The van der Waals surface area contributed by atoms with Gasteiger partial charge in [-0.25, -0.2) is 13.4 Å². The number of sulfone groups is 1. The molecule has 0 bridgehead atoms. The quantitative estimate of drug-likeness (QED) is 0.406. The van der Waals surface area contributed by atoms with E-state index in [2.05, 4.69) is 10.3 Å². The van der Waals surface area contributed by atoms with Gasteiger partial charge in [-0.05, 0) is 56.4 Å². The van der Waals surface area contributed by atoms with Gasteiger partial charge in [0.05, 0.1) is 24.0 Å². The fraction of sp³-hybridized carbons (Fsp3) is 0.500. The van der Waals surface area contributed by atoms with E-state index in [1.807, 2.05) is 41.1 Å². The van der Waals surface area contributed by atoms with E-state index in [0.29, 0.717) is 37.8 Å². The molecule has 2 aliphatic rings. The average Bonchev–Trinajstić information content (AvgIpc) is 3.29. The summed E-state index contributed by atoms with van der Waals surface area (Å²) in [6.45, 7) is 1.25. The number of ether oxygens (including phenoxy) is 1. The van der Waals surface area contributed by atoms with Gasteiger partial charge in [-0.1, -0.05) is 6.07 Å². The van der Waals surface area contributed by atoms with Crippen LogP contribution in [-0.2, 0) is 14.6 Å². The van der Waals surface area contributed by atoms with Gasteiger partial charge in [-0.2, -0.15) is 4.98 Å². The van der Waals surface area contributed by atoms with E-state index < -0.39 is 9.84 Å². The summed E-state index contributed by atoms with van der Waals surface area (Å²) < 4.78 is 30.6. The standard InChI is InChI=1S/C26H33N5O5S/c1-37(34,35)15-3-14-36-23-5-2-4-22-21(23)11-13-31(22)24-10-12-27-26(29-24)28-19-8-6-18(7-9-19)25(33)30-16-20(32)17-30/h2,4-5,10-13,18-20,32H,3,6-9,14-17H2,1H3,(H,27,28,29). The van der Waals surface area contributed by atoms with Crippen molar-refractivity contribution in [1.82, 2.24) is 19.4 Å². The topological polar surface area (TPSA) is 127 Å². The number of likely N-dealkylation sites (tertiary alicyclic amines) is 1. The number of aliphatic hydroxyl groups is 1. The third kappa shape index (κ3) is 6.04. The fourth-order valence-corrected chi connectivity index (χ4v) is 5.72. The third-order valence-corrected chi connectivity index (χ3v) is 8.11. The first kappa shape index (κ1) is 25.5. The molecule has 10 nitrogen and oxygen atoms in total. The molecule has 2 aromatic heterocycles. The molecule has 0 atom stereocenters. The van der Waals surface area contributed by atoms with Crippen molar-refractivity contribution < 1.29 is 23.1 Å². The van der Waals surface area contributed by atoms with Gasteiger partial charge < -0.3 is 24.6 Å². The second-order valence-electron chi connectivity index (χ2n) is 10.0. The van der Waals surface area contributed by atoms with Crippen molar-refractivity contribution in [3.63, 3.8) is 0 Å². The SMILES string of the molecule is CS(=O)(=O)CCCOc1cccc2c1ccn2-c1ccnc(NC2CCC(C(=O)N3CC(O)C3)CC2)n1. The Morgan fingerprint density at radius 1 is 1.16 bits per heavy atom. The highest BCUT2D eigenvalue weighted by atomic mass is 32.2. The van der Waals surface area contributed by atoms with Gasteiger partial charge >= 0.3 is 0 Å². The van der Waals surface area contributed by atoms with Gasteiger partial charge in [-0.3, -0.25) is 4.79 Å². The molecule has 3 heterocycles. The van der Waals surface area contributed by atoms with E-state index in [-0.39, 0.29) is 29.7 Å². The van der Waals surface area contributed by atoms with Crippen LogP contribution in [0.5, 0.6) is 5.75 Å². The zero-order valence-corrected chi connectivity index (χ0v) is 21.7. The molecule has 5 rings (SSSR count). The lowest BCUT2D eigenvalue weighted by molar-refractivity contribution is -0.146. The first-order valence-electron chi connectivity index (χ1n) is 12.7. The lowest BCUT2D eigenvalue weighted by atomic mass is 9.84. The van der Waals surface area contributed by atoms with E-state index in [0.717, 1.165) is 42.4 Å². The molecule has 2 fully saturated rings. The molecule has 0 radical (unpaired) electrons. The number of amides is 1. The number of benzene rings is 1. The van der Waals surface area contributed by atoms with Gasteiger partial charge in [0.15, 0.2) is 0 Å². The van der Waals surface area contributed by atoms with Crippen molar-refractivity contribution >= 4 is 32.6 Å². The van der Waals surface area contributed by atoms with Gasteiger partial charge in [-0.15, -0.1) is 0 Å². The van der Waals surface area contributed by atoms with Crippen LogP contribution in [0, 0.1) is 5.92 Å². The second-order valence-corrected chi connectivity index (χ2v) is 12.3. The molecule has 198 valence electrons. The summed E-state index contributed by atoms with van der Waals surface area (Å²) in [6, 6.07) is 9.79. The van der Waals surface area contributed by atoms with E-state index in [9.17, 15) is 18.3 Å². The zero-order valence-electron chi connectivity index (χ0n) is 20.9. The zero-order chi connectivity index (χ0) is 26.0. The van der Waals surface area contributed by atoms with Crippen LogP contribution < -0.4 is 10.1 Å². The molecule has 0 spiro atoms. The number of hydrogen-bond acceptors (Lipinski definition) is 8. The van der Waals surface area contributed by atoms with Gasteiger partial charge in [0.1, 0.15) is 21.4 Å². The number of β-amino-alcohol motifs (C(OH)–C–C–N with tert-alkyl or cyclic N) is 1. The number of fused-ring (bicyclic) bond motifs is 1. The molecule has 1 aliphatic heterocycles. The maximum absolute atomic E-state index is 12.5. The van der Waals surface area contributed by atoms with E-state index in [4.69, 9.17) is 9.72 Å². The molecular formula is C26H33N5O5S. The van der Waals surface area contributed by atoms with Crippen molar-refractivity contribution in [2.24, 2.45) is 5.92 Å².